The van der Waals surface area contributed by atoms with Gasteiger partial charge < -0.3 is 13.8 Å². The Morgan fingerprint density at radius 2 is 1.83 bits per heavy atom. The number of nitrogens with zero attached hydrogens (tertiary/aromatic N) is 2. The molecule has 1 fully saturated rings. The fraction of sp³-hybridized carbons (Fsp3) is 0.263. The van der Waals surface area contributed by atoms with Crippen LogP contribution in [0.5, 0.6) is 0 Å². The van der Waals surface area contributed by atoms with Crippen molar-refractivity contribution in [1.29, 1.82) is 0 Å². The summed E-state index contributed by atoms with van der Waals surface area (Å²) in [5.74, 6) is 1.49. The molecule has 0 atom stereocenters. The van der Waals surface area contributed by atoms with E-state index < -0.39 is 0 Å². The van der Waals surface area contributed by atoms with E-state index in [2.05, 4.69) is 29.4 Å². The molecule has 3 heterocycles. The normalized spacial score (nSPS) is 15.6. The van der Waals surface area contributed by atoms with Gasteiger partial charge in [-0.2, -0.15) is 0 Å². The molecule has 0 bridgehead atoms. The Morgan fingerprint density at radius 3 is 2.54 bits per heavy atom. The maximum atomic E-state index is 12.6. The van der Waals surface area contributed by atoms with Crippen LogP contribution >= 0.6 is 0 Å². The molecule has 1 aromatic carbocycles. The van der Waals surface area contributed by atoms with Gasteiger partial charge in [0.1, 0.15) is 0 Å². The maximum Gasteiger partial charge on any atom is 0.276 e. The average molecular weight is 322 g/mol. The van der Waals surface area contributed by atoms with Crippen LogP contribution in [0.15, 0.2) is 63.7 Å². The molecule has 1 aliphatic rings. The van der Waals surface area contributed by atoms with Gasteiger partial charge in [0.15, 0.2) is 11.5 Å². The average Bonchev–Trinajstić information content (AvgIpc) is 3.33. The highest BCUT2D eigenvalue weighted by Crippen LogP contribution is 2.29. The third kappa shape index (κ3) is 2.85. The summed E-state index contributed by atoms with van der Waals surface area (Å²) in [4.78, 5) is 14.4. The van der Waals surface area contributed by atoms with Crippen molar-refractivity contribution >= 4 is 5.91 Å². The Bertz CT molecular complexity index is 800. The standard InChI is InChI=1S/C19H18N2O3/c22-19(16-13-18(24-20-16)17-7-4-12-23-17)21-10-8-15(9-11-21)14-5-2-1-3-6-14/h1-7,12-13,15H,8-11H2. The minimum absolute atomic E-state index is 0.0805. The number of carbonyl (C=O) groups is 1. The fourth-order valence-corrected chi connectivity index (χ4v) is 3.21. The highest BCUT2D eigenvalue weighted by atomic mass is 16.5. The molecule has 0 saturated carbocycles. The van der Waals surface area contributed by atoms with Gasteiger partial charge in [0, 0.05) is 19.2 Å². The van der Waals surface area contributed by atoms with Crippen LogP contribution in [0, 0.1) is 0 Å². The molecule has 0 N–H and O–H groups in total. The van der Waals surface area contributed by atoms with Crippen molar-refractivity contribution in [2.75, 3.05) is 13.1 Å². The number of carbonyl (C=O) groups excluding carboxylic acids is 1. The van der Waals surface area contributed by atoms with E-state index in [4.69, 9.17) is 8.94 Å². The highest BCUT2D eigenvalue weighted by Gasteiger charge is 2.26. The van der Waals surface area contributed by atoms with Crippen molar-refractivity contribution < 1.29 is 13.7 Å². The number of benzene rings is 1. The first kappa shape index (κ1) is 14.8. The quantitative estimate of drug-likeness (QED) is 0.732. The van der Waals surface area contributed by atoms with Gasteiger partial charge in [-0.15, -0.1) is 0 Å². The van der Waals surface area contributed by atoms with Gasteiger partial charge in [-0.1, -0.05) is 35.5 Å². The molecule has 5 heteroatoms. The molecule has 1 amide bonds. The summed E-state index contributed by atoms with van der Waals surface area (Å²) in [6.45, 7) is 1.47. The number of piperidine rings is 1. The van der Waals surface area contributed by atoms with Crippen LogP contribution in [0.3, 0.4) is 0 Å². The number of hydrogen-bond acceptors (Lipinski definition) is 4. The summed E-state index contributed by atoms with van der Waals surface area (Å²) in [5, 5.41) is 3.90. The van der Waals surface area contributed by atoms with Crippen molar-refractivity contribution in [3.8, 4) is 11.5 Å². The zero-order valence-corrected chi connectivity index (χ0v) is 13.2. The SMILES string of the molecule is O=C(c1cc(-c2ccco2)on1)N1CCC(c2ccccc2)CC1. The van der Waals surface area contributed by atoms with E-state index in [1.54, 1.807) is 24.5 Å². The zero-order valence-electron chi connectivity index (χ0n) is 13.2. The molecule has 4 rings (SSSR count). The number of rotatable bonds is 3. The predicted octanol–water partition coefficient (Wildman–Crippen LogP) is 3.95. The third-order valence-electron chi connectivity index (χ3n) is 4.55. The largest absolute Gasteiger partial charge is 0.461 e. The maximum absolute atomic E-state index is 12.6. The zero-order chi connectivity index (χ0) is 16.4. The number of likely N-dealkylation sites (tertiary alicyclic amines) is 1. The summed E-state index contributed by atoms with van der Waals surface area (Å²) < 4.78 is 10.5. The molecule has 1 aliphatic heterocycles. The van der Waals surface area contributed by atoms with E-state index >= 15 is 0 Å². The summed E-state index contributed by atoms with van der Waals surface area (Å²) >= 11 is 0. The lowest BCUT2D eigenvalue weighted by molar-refractivity contribution is 0.0702. The summed E-state index contributed by atoms with van der Waals surface area (Å²) in [6, 6.07) is 15.7. The van der Waals surface area contributed by atoms with E-state index in [0.29, 0.717) is 23.1 Å². The molecule has 24 heavy (non-hydrogen) atoms. The minimum Gasteiger partial charge on any atom is -0.461 e. The monoisotopic (exact) mass is 322 g/mol. The Hall–Kier alpha value is -2.82. The molecule has 1 saturated heterocycles. The van der Waals surface area contributed by atoms with Crippen LogP contribution in [-0.2, 0) is 0 Å². The van der Waals surface area contributed by atoms with Gasteiger partial charge in [-0.3, -0.25) is 4.79 Å². The van der Waals surface area contributed by atoms with E-state index in [9.17, 15) is 4.79 Å². The lowest BCUT2D eigenvalue weighted by Crippen LogP contribution is -2.38. The third-order valence-corrected chi connectivity index (χ3v) is 4.55. The van der Waals surface area contributed by atoms with Gasteiger partial charge in [0.2, 0.25) is 5.76 Å². The van der Waals surface area contributed by atoms with Gasteiger partial charge in [0.05, 0.1) is 6.26 Å². The first-order valence-electron chi connectivity index (χ1n) is 8.16. The molecular formula is C19H18N2O3. The van der Waals surface area contributed by atoms with Crippen LogP contribution in [0.1, 0.15) is 34.8 Å². The smallest absolute Gasteiger partial charge is 0.276 e. The van der Waals surface area contributed by atoms with Crippen LogP contribution in [0.25, 0.3) is 11.5 Å². The van der Waals surface area contributed by atoms with E-state index in [1.807, 2.05) is 11.0 Å². The van der Waals surface area contributed by atoms with Crippen molar-refractivity contribution in [1.82, 2.24) is 10.1 Å². The second kappa shape index (κ2) is 6.35. The second-order valence-corrected chi connectivity index (χ2v) is 6.03. The fourth-order valence-electron chi connectivity index (χ4n) is 3.21. The minimum atomic E-state index is -0.0805. The van der Waals surface area contributed by atoms with Gasteiger partial charge >= 0.3 is 0 Å². The first-order chi connectivity index (χ1) is 11.8. The van der Waals surface area contributed by atoms with Crippen molar-refractivity contribution in [3.63, 3.8) is 0 Å². The molecule has 0 unspecified atom stereocenters. The Kier molecular flexibility index (Phi) is 3.91. The molecule has 3 aromatic rings. The predicted molar refractivity (Wildman–Crippen MR) is 88.5 cm³/mol. The second-order valence-electron chi connectivity index (χ2n) is 6.03. The highest BCUT2D eigenvalue weighted by molar-refractivity contribution is 5.93. The number of amides is 1. The molecule has 122 valence electrons. The van der Waals surface area contributed by atoms with Gasteiger partial charge in [-0.25, -0.2) is 0 Å². The van der Waals surface area contributed by atoms with Crippen molar-refractivity contribution in [2.45, 2.75) is 18.8 Å². The van der Waals surface area contributed by atoms with Crippen LogP contribution in [0.2, 0.25) is 0 Å². The molecule has 0 spiro atoms. The topological polar surface area (TPSA) is 59.5 Å². The molecule has 5 nitrogen and oxygen atoms in total. The number of hydrogen-bond donors (Lipinski definition) is 0. The Balaban J connectivity index is 1.41. The molecule has 2 aromatic heterocycles. The molecule has 0 aliphatic carbocycles. The van der Waals surface area contributed by atoms with Crippen LogP contribution < -0.4 is 0 Å². The van der Waals surface area contributed by atoms with Crippen LogP contribution in [0.4, 0.5) is 0 Å². The number of furan rings is 1. The van der Waals surface area contributed by atoms with Crippen LogP contribution in [-0.4, -0.2) is 29.1 Å². The summed E-state index contributed by atoms with van der Waals surface area (Å²) in [7, 11) is 0. The van der Waals surface area contributed by atoms with E-state index in [1.165, 1.54) is 5.56 Å². The summed E-state index contributed by atoms with van der Waals surface area (Å²) in [5.41, 5.74) is 1.69. The molecular weight excluding hydrogens is 304 g/mol. The summed E-state index contributed by atoms with van der Waals surface area (Å²) in [6.07, 6.45) is 3.50. The van der Waals surface area contributed by atoms with Crippen molar-refractivity contribution in [3.05, 3.63) is 66.1 Å². The lowest BCUT2D eigenvalue weighted by Gasteiger charge is -2.31. The molecule has 0 radical (unpaired) electrons. The van der Waals surface area contributed by atoms with Crippen molar-refractivity contribution in [2.24, 2.45) is 0 Å². The first-order valence-corrected chi connectivity index (χ1v) is 8.16. The number of aromatic nitrogens is 1. The van der Waals surface area contributed by atoms with E-state index in [-0.39, 0.29) is 5.91 Å². The van der Waals surface area contributed by atoms with E-state index in [0.717, 1.165) is 25.9 Å². The Labute approximate surface area is 139 Å². The van der Waals surface area contributed by atoms with Gasteiger partial charge in [-0.05, 0) is 36.5 Å². The van der Waals surface area contributed by atoms with Gasteiger partial charge in [0.25, 0.3) is 5.91 Å². The lowest BCUT2D eigenvalue weighted by atomic mass is 9.89. The Morgan fingerprint density at radius 1 is 1.04 bits per heavy atom.